The molecular formula is C19H20ClFN2O2. The van der Waals surface area contributed by atoms with E-state index in [0.29, 0.717) is 28.8 Å². The molecule has 6 heteroatoms. The molecule has 0 saturated carbocycles. The summed E-state index contributed by atoms with van der Waals surface area (Å²) in [7, 11) is 0. The first-order valence-electron chi connectivity index (χ1n) is 8.32. The first-order valence-corrected chi connectivity index (χ1v) is 8.69. The monoisotopic (exact) mass is 362 g/mol. The highest BCUT2D eigenvalue weighted by atomic mass is 35.5. The highest BCUT2D eigenvalue weighted by molar-refractivity contribution is 6.30. The van der Waals surface area contributed by atoms with Gasteiger partial charge in [-0.15, -0.1) is 0 Å². The van der Waals surface area contributed by atoms with Crippen LogP contribution in [-0.4, -0.2) is 25.8 Å². The number of nitrogens with one attached hydrogen (secondary N) is 2. The van der Waals surface area contributed by atoms with Crippen LogP contribution < -0.4 is 10.6 Å². The van der Waals surface area contributed by atoms with Gasteiger partial charge in [-0.1, -0.05) is 23.7 Å². The molecular weight excluding hydrogens is 343 g/mol. The second-order valence-electron chi connectivity index (χ2n) is 6.11. The Kier molecular flexibility index (Phi) is 5.89. The van der Waals surface area contributed by atoms with Gasteiger partial charge in [-0.05, 0) is 67.7 Å². The van der Waals surface area contributed by atoms with Gasteiger partial charge in [-0.2, -0.15) is 0 Å². The van der Waals surface area contributed by atoms with Gasteiger partial charge in [0.05, 0.1) is 12.3 Å². The molecule has 4 nitrogen and oxygen atoms in total. The van der Waals surface area contributed by atoms with Crippen molar-refractivity contribution in [3.05, 3.63) is 53.3 Å². The van der Waals surface area contributed by atoms with Gasteiger partial charge >= 0.3 is 6.09 Å². The number of rotatable bonds is 4. The van der Waals surface area contributed by atoms with Crippen LogP contribution in [0.4, 0.5) is 14.9 Å². The normalized spacial score (nSPS) is 15.0. The largest absolute Gasteiger partial charge is 0.449 e. The highest BCUT2D eigenvalue weighted by Crippen LogP contribution is 2.30. The third-order valence-electron chi connectivity index (χ3n) is 4.28. The van der Waals surface area contributed by atoms with E-state index >= 15 is 0 Å². The number of carbonyl (C=O) groups is 1. The first kappa shape index (κ1) is 17.7. The van der Waals surface area contributed by atoms with Gasteiger partial charge < -0.3 is 10.1 Å². The molecule has 2 N–H and O–H groups in total. The molecule has 1 fully saturated rings. The summed E-state index contributed by atoms with van der Waals surface area (Å²) < 4.78 is 19.0. The quantitative estimate of drug-likeness (QED) is 0.829. The van der Waals surface area contributed by atoms with E-state index in [9.17, 15) is 9.18 Å². The Balaban J connectivity index is 1.69. The summed E-state index contributed by atoms with van der Waals surface area (Å²) in [4.78, 5) is 12.1. The lowest BCUT2D eigenvalue weighted by Crippen LogP contribution is -2.31. The molecule has 0 aromatic heterocycles. The summed E-state index contributed by atoms with van der Waals surface area (Å²) >= 11 is 5.90. The molecule has 1 amide bonds. The van der Waals surface area contributed by atoms with Crippen LogP contribution >= 0.6 is 11.6 Å². The van der Waals surface area contributed by atoms with E-state index in [1.54, 1.807) is 24.3 Å². The van der Waals surface area contributed by atoms with Crippen molar-refractivity contribution in [1.82, 2.24) is 5.32 Å². The molecule has 0 aliphatic carbocycles. The van der Waals surface area contributed by atoms with Gasteiger partial charge in [0.25, 0.3) is 0 Å². The zero-order valence-electron chi connectivity index (χ0n) is 13.7. The number of hydrogen-bond acceptors (Lipinski definition) is 3. The van der Waals surface area contributed by atoms with Crippen molar-refractivity contribution in [3.63, 3.8) is 0 Å². The van der Waals surface area contributed by atoms with E-state index in [-0.39, 0.29) is 5.82 Å². The van der Waals surface area contributed by atoms with Gasteiger partial charge in [0, 0.05) is 10.6 Å². The standard InChI is InChI=1S/C19H20ClFN2O2/c20-15-3-1-14(2-4-15)17-11-16(21)5-6-18(17)23-19(24)25-12-13-7-9-22-10-8-13/h1-6,11,13,22H,7-10,12H2,(H,23,24). The summed E-state index contributed by atoms with van der Waals surface area (Å²) in [6.45, 7) is 2.30. The Morgan fingerprint density at radius 1 is 1.20 bits per heavy atom. The highest BCUT2D eigenvalue weighted by Gasteiger charge is 2.16. The number of ether oxygens (including phenoxy) is 1. The Morgan fingerprint density at radius 3 is 2.64 bits per heavy atom. The zero-order chi connectivity index (χ0) is 17.6. The van der Waals surface area contributed by atoms with Crippen LogP contribution in [0.25, 0.3) is 11.1 Å². The van der Waals surface area contributed by atoms with Crippen molar-refractivity contribution >= 4 is 23.4 Å². The summed E-state index contributed by atoms with van der Waals surface area (Å²) in [5.74, 6) is 0.00882. The fourth-order valence-electron chi connectivity index (χ4n) is 2.88. The molecule has 2 aromatic carbocycles. The summed E-state index contributed by atoms with van der Waals surface area (Å²) in [6, 6.07) is 11.2. The van der Waals surface area contributed by atoms with Gasteiger partial charge in [-0.3, -0.25) is 5.32 Å². The van der Waals surface area contributed by atoms with Crippen molar-refractivity contribution < 1.29 is 13.9 Å². The lowest BCUT2D eigenvalue weighted by molar-refractivity contribution is 0.131. The minimum atomic E-state index is -0.527. The van der Waals surface area contributed by atoms with E-state index in [4.69, 9.17) is 16.3 Å². The minimum Gasteiger partial charge on any atom is -0.449 e. The van der Waals surface area contributed by atoms with Crippen molar-refractivity contribution in [2.45, 2.75) is 12.8 Å². The SMILES string of the molecule is O=C(Nc1ccc(F)cc1-c1ccc(Cl)cc1)OCC1CCNCC1. The maximum Gasteiger partial charge on any atom is 0.411 e. The number of piperidine rings is 1. The molecule has 3 rings (SSSR count). The van der Waals surface area contributed by atoms with Gasteiger partial charge in [0.15, 0.2) is 0 Å². The number of hydrogen-bond donors (Lipinski definition) is 2. The van der Waals surface area contributed by atoms with Gasteiger partial charge in [-0.25, -0.2) is 9.18 Å². The summed E-state index contributed by atoms with van der Waals surface area (Å²) in [5.41, 5.74) is 1.84. The molecule has 1 aliphatic rings. The van der Waals surface area contributed by atoms with Crippen molar-refractivity contribution in [1.29, 1.82) is 0 Å². The molecule has 0 unspecified atom stereocenters. The van der Waals surface area contributed by atoms with E-state index in [1.807, 2.05) is 0 Å². The summed E-state index contributed by atoms with van der Waals surface area (Å²) in [5, 5.41) is 6.58. The van der Waals surface area contributed by atoms with E-state index in [2.05, 4.69) is 10.6 Å². The topological polar surface area (TPSA) is 50.4 Å². The fraction of sp³-hybridized carbons (Fsp3) is 0.316. The second-order valence-corrected chi connectivity index (χ2v) is 6.55. The Hall–Kier alpha value is -2.11. The third-order valence-corrected chi connectivity index (χ3v) is 4.53. The van der Waals surface area contributed by atoms with Crippen molar-refractivity contribution in [3.8, 4) is 11.1 Å². The molecule has 2 aromatic rings. The molecule has 1 heterocycles. The Labute approximate surface area is 151 Å². The zero-order valence-corrected chi connectivity index (χ0v) is 14.5. The van der Waals surface area contributed by atoms with Crippen LogP contribution in [0.1, 0.15) is 12.8 Å². The second kappa shape index (κ2) is 8.32. The fourth-order valence-corrected chi connectivity index (χ4v) is 3.01. The molecule has 132 valence electrons. The predicted molar refractivity (Wildman–Crippen MR) is 97.4 cm³/mol. The maximum absolute atomic E-state index is 13.7. The smallest absolute Gasteiger partial charge is 0.411 e. The number of amides is 1. The predicted octanol–water partition coefficient (Wildman–Crippen LogP) is 4.69. The molecule has 1 saturated heterocycles. The van der Waals surface area contributed by atoms with Crippen LogP contribution in [0.3, 0.4) is 0 Å². The van der Waals surface area contributed by atoms with Crippen LogP contribution in [0.2, 0.25) is 5.02 Å². The average Bonchev–Trinajstić information content (AvgIpc) is 2.63. The maximum atomic E-state index is 13.7. The lowest BCUT2D eigenvalue weighted by atomic mass is 9.99. The van der Waals surface area contributed by atoms with Gasteiger partial charge in [0.2, 0.25) is 0 Å². The van der Waals surface area contributed by atoms with E-state index < -0.39 is 6.09 Å². The van der Waals surface area contributed by atoms with Crippen LogP contribution in [-0.2, 0) is 4.74 Å². The van der Waals surface area contributed by atoms with Crippen LogP contribution in [0.15, 0.2) is 42.5 Å². The molecule has 0 radical (unpaired) electrons. The molecule has 1 aliphatic heterocycles. The number of halogens is 2. The minimum absolute atomic E-state index is 0.376. The molecule has 0 atom stereocenters. The Bertz CT molecular complexity index is 731. The van der Waals surface area contributed by atoms with Gasteiger partial charge in [0.1, 0.15) is 5.82 Å². The average molecular weight is 363 g/mol. The third kappa shape index (κ3) is 4.94. The molecule has 25 heavy (non-hydrogen) atoms. The number of carbonyl (C=O) groups excluding carboxylic acids is 1. The molecule has 0 spiro atoms. The van der Waals surface area contributed by atoms with Crippen molar-refractivity contribution in [2.24, 2.45) is 5.92 Å². The van der Waals surface area contributed by atoms with Crippen molar-refractivity contribution in [2.75, 3.05) is 25.0 Å². The number of anilines is 1. The van der Waals surface area contributed by atoms with Crippen LogP contribution in [0, 0.1) is 11.7 Å². The number of benzene rings is 2. The van der Waals surface area contributed by atoms with E-state index in [0.717, 1.165) is 31.5 Å². The first-order chi connectivity index (χ1) is 12.1. The Morgan fingerprint density at radius 2 is 1.92 bits per heavy atom. The molecule has 0 bridgehead atoms. The van der Waals surface area contributed by atoms with Crippen LogP contribution in [0.5, 0.6) is 0 Å². The summed E-state index contributed by atoms with van der Waals surface area (Å²) in [6.07, 6.45) is 1.47. The van der Waals surface area contributed by atoms with E-state index in [1.165, 1.54) is 18.2 Å². The lowest BCUT2D eigenvalue weighted by Gasteiger charge is -2.22.